The molecule has 0 radical (unpaired) electrons. The predicted molar refractivity (Wildman–Crippen MR) is 312 cm³/mol. The first-order valence-corrected chi connectivity index (χ1v) is 30.2. The maximum absolute atomic E-state index is 13.1. The van der Waals surface area contributed by atoms with Crippen LogP contribution in [-0.4, -0.2) is 89.2 Å². The lowest BCUT2D eigenvalue weighted by Crippen LogP contribution is -2.61. The molecule has 12 nitrogen and oxygen atoms in total. The van der Waals surface area contributed by atoms with Gasteiger partial charge in [-0.15, -0.1) is 0 Å². The van der Waals surface area contributed by atoms with Gasteiger partial charge in [0.2, 0.25) is 0 Å². The summed E-state index contributed by atoms with van der Waals surface area (Å²) in [7, 11) is 0. The molecule has 0 aromatic carbocycles. The highest BCUT2D eigenvalue weighted by Gasteiger charge is 2.50. The second-order valence-electron chi connectivity index (χ2n) is 20.2. The normalized spacial score (nSPS) is 18.7. The molecule has 0 amide bonds. The van der Waals surface area contributed by atoms with E-state index in [2.05, 4.69) is 118 Å². The van der Waals surface area contributed by atoms with Crippen molar-refractivity contribution in [3.63, 3.8) is 0 Å². The number of ether oxygens (including phenoxy) is 5. The van der Waals surface area contributed by atoms with Gasteiger partial charge in [0.25, 0.3) is 0 Å². The number of unbranched alkanes of at least 4 members (excludes halogenated alkanes) is 20. The van der Waals surface area contributed by atoms with E-state index in [1.165, 1.54) is 12.8 Å². The van der Waals surface area contributed by atoms with Crippen molar-refractivity contribution in [3.05, 3.63) is 97.2 Å². The molecule has 1 saturated heterocycles. The Morgan fingerprint density at radius 2 is 0.818 bits per heavy atom. The molecule has 0 saturated carbocycles. The molecule has 12 heteroatoms. The third-order valence-corrected chi connectivity index (χ3v) is 13.1. The average molecular weight is 1080 g/mol. The number of aliphatic hydroxyl groups is 2. The van der Waals surface area contributed by atoms with Crippen LogP contribution in [0, 0.1) is 0 Å². The number of carboxylic acids is 1. The summed E-state index contributed by atoms with van der Waals surface area (Å²) in [6, 6.07) is 0. The molecule has 1 rings (SSSR count). The van der Waals surface area contributed by atoms with Gasteiger partial charge < -0.3 is 39.0 Å². The summed E-state index contributed by atoms with van der Waals surface area (Å²) < 4.78 is 28.4. The standard InChI is InChI=1S/C65H106O12/c1-4-7-10-13-16-19-22-24-26-28-29-31-32-34-37-39-42-45-48-51-57(66)73-54-56(75-58(67)52-49-46-43-40-36-21-18-15-12-9-6-3)55-74-65-63(61(70)60(69)62(77-65)64(71)72)76-59(68)53-50-47-44-41-38-35-33-30-27-25-23-20-17-14-11-8-5-2/h7-8,10-11,15-20,24-27,29,31,56,60-63,65,69-70H,4-6,9,12-14,21-23,28,30,32-55H2,1-3H3,(H,71,72)/b10-7-,11-8-,18-15-,19-16-,20-17-,26-24-,27-25-,31-29-. The molecule has 1 heterocycles. The Hall–Kier alpha value is -4.36. The zero-order valence-corrected chi connectivity index (χ0v) is 48.2. The number of carboxylic acid groups (broad SMARTS) is 1. The Kier molecular flexibility index (Phi) is 48.0. The molecule has 0 bridgehead atoms. The summed E-state index contributed by atoms with van der Waals surface area (Å²) in [4.78, 5) is 51.1. The number of aliphatic carboxylic acids is 1. The van der Waals surface area contributed by atoms with Crippen LogP contribution < -0.4 is 0 Å². The highest BCUT2D eigenvalue weighted by molar-refractivity contribution is 5.74. The number of aliphatic hydroxyl groups excluding tert-OH is 2. The first kappa shape index (κ1) is 70.7. The van der Waals surface area contributed by atoms with Crippen LogP contribution in [0.5, 0.6) is 0 Å². The van der Waals surface area contributed by atoms with Gasteiger partial charge in [0, 0.05) is 19.3 Å². The van der Waals surface area contributed by atoms with E-state index < -0.39 is 67.3 Å². The second kappa shape index (κ2) is 52.3. The van der Waals surface area contributed by atoms with E-state index in [1.54, 1.807) is 0 Å². The van der Waals surface area contributed by atoms with E-state index in [0.717, 1.165) is 167 Å². The Bertz CT molecular complexity index is 1710. The molecule has 0 aromatic rings. The van der Waals surface area contributed by atoms with Gasteiger partial charge in [-0.1, -0.05) is 208 Å². The van der Waals surface area contributed by atoms with Gasteiger partial charge in [-0.25, -0.2) is 4.79 Å². The smallest absolute Gasteiger partial charge is 0.335 e. The highest BCUT2D eigenvalue weighted by atomic mass is 16.7. The molecule has 0 aliphatic carbocycles. The minimum Gasteiger partial charge on any atom is -0.479 e. The lowest BCUT2D eigenvalue weighted by atomic mass is 9.98. The minimum atomic E-state index is -1.91. The van der Waals surface area contributed by atoms with Crippen LogP contribution in [-0.2, 0) is 42.9 Å². The molecule has 438 valence electrons. The van der Waals surface area contributed by atoms with Gasteiger partial charge in [-0.05, 0) is 109 Å². The van der Waals surface area contributed by atoms with Gasteiger partial charge >= 0.3 is 23.9 Å². The molecule has 1 aliphatic rings. The summed E-state index contributed by atoms with van der Waals surface area (Å²) >= 11 is 0. The van der Waals surface area contributed by atoms with Crippen molar-refractivity contribution in [2.75, 3.05) is 13.2 Å². The maximum atomic E-state index is 13.1. The number of hydrogen-bond acceptors (Lipinski definition) is 11. The van der Waals surface area contributed by atoms with Crippen LogP contribution in [0.4, 0.5) is 0 Å². The second-order valence-corrected chi connectivity index (χ2v) is 20.2. The Balaban J connectivity index is 2.67. The first-order chi connectivity index (χ1) is 37.6. The van der Waals surface area contributed by atoms with Crippen LogP contribution in [0.1, 0.15) is 239 Å². The molecule has 6 unspecified atom stereocenters. The highest BCUT2D eigenvalue weighted by Crippen LogP contribution is 2.26. The minimum absolute atomic E-state index is 0.0431. The molecular formula is C65H106O12. The van der Waals surface area contributed by atoms with Crippen LogP contribution in [0.3, 0.4) is 0 Å². The predicted octanol–water partition coefficient (Wildman–Crippen LogP) is 15.7. The van der Waals surface area contributed by atoms with Crippen LogP contribution in [0.25, 0.3) is 0 Å². The summed E-state index contributed by atoms with van der Waals surface area (Å²) in [5.41, 5.74) is 0. The van der Waals surface area contributed by atoms with Gasteiger partial charge in [0.15, 0.2) is 24.6 Å². The molecule has 0 spiro atoms. The number of rotatable bonds is 50. The molecule has 77 heavy (non-hydrogen) atoms. The average Bonchev–Trinajstić information content (AvgIpc) is 3.41. The van der Waals surface area contributed by atoms with E-state index in [9.17, 15) is 34.5 Å². The fourth-order valence-corrected chi connectivity index (χ4v) is 8.53. The number of hydrogen-bond donors (Lipinski definition) is 3. The van der Waals surface area contributed by atoms with Crippen molar-refractivity contribution in [3.8, 4) is 0 Å². The van der Waals surface area contributed by atoms with Gasteiger partial charge in [0.1, 0.15) is 18.8 Å². The van der Waals surface area contributed by atoms with Crippen molar-refractivity contribution in [1.82, 2.24) is 0 Å². The molecule has 1 fully saturated rings. The molecule has 1 aliphatic heterocycles. The quantitative estimate of drug-likeness (QED) is 0.0228. The third kappa shape index (κ3) is 42.3. The van der Waals surface area contributed by atoms with Crippen LogP contribution in [0.15, 0.2) is 97.2 Å². The van der Waals surface area contributed by atoms with Crippen molar-refractivity contribution in [2.45, 2.75) is 276 Å². The number of esters is 3. The maximum Gasteiger partial charge on any atom is 0.335 e. The van der Waals surface area contributed by atoms with Crippen LogP contribution >= 0.6 is 0 Å². The fourth-order valence-electron chi connectivity index (χ4n) is 8.53. The van der Waals surface area contributed by atoms with Crippen molar-refractivity contribution >= 4 is 23.9 Å². The van der Waals surface area contributed by atoms with Crippen molar-refractivity contribution < 1.29 is 58.2 Å². The Labute approximate surface area is 466 Å². The zero-order valence-electron chi connectivity index (χ0n) is 48.2. The number of carbonyl (C=O) groups excluding carboxylic acids is 3. The van der Waals surface area contributed by atoms with Crippen LogP contribution in [0.2, 0.25) is 0 Å². The zero-order chi connectivity index (χ0) is 56.1. The fraction of sp³-hybridized carbons (Fsp3) is 0.692. The largest absolute Gasteiger partial charge is 0.479 e. The van der Waals surface area contributed by atoms with Gasteiger partial charge in [-0.2, -0.15) is 0 Å². The van der Waals surface area contributed by atoms with E-state index in [4.69, 9.17) is 23.7 Å². The van der Waals surface area contributed by atoms with E-state index in [-0.39, 0.29) is 25.9 Å². The van der Waals surface area contributed by atoms with E-state index >= 15 is 0 Å². The van der Waals surface area contributed by atoms with E-state index in [1.807, 2.05) is 0 Å². The van der Waals surface area contributed by atoms with Gasteiger partial charge in [-0.3, -0.25) is 14.4 Å². The first-order valence-electron chi connectivity index (χ1n) is 30.2. The summed E-state index contributed by atoms with van der Waals surface area (Å²) in [6.07, 6.45) is 56.6. The van der Waals surface area contributed by atoms with Crippen molar-refractivity contribution in [2.24, 2.45) is 0 Å². The Morgan fingerprint density at radius 1 is 0.442 bits per heavy atom. The van der Waals surface area contributed by atoms with Crippen molar-refractivity contribution in [1.29, 1.82) is 0 Å². The number of carbonyl (C=O) groups is 4. The summed E-state index contributed by atoms with van der Waals surface area (Å²) in [5, 5.41) is 31.5. The lowest BCUT2D eigenvalue weighted by molar-refractivity contribution is -0.301. The molecule has 6 atom stereocenters. The molecule has 3 N–H and O–H groups in total. The van der Waals surface area contributed by atoms with Gasteiger partial charge in [0.05, 0.1) is 6.61 Å². The number of allylic oxidation sites excluding steroid dienone is 16. The lowest BCUT2D eigenvalue weighted by Gasteiger charge is -2.40. The third-order valence-electron chi connectivity index (χ3n) is 13.1. The molecule has 0 aromatic heterocycles. The molecular weight excluding hydrogens is 973 g/mol. The van der Waals surface area contributed by atoms with E-state index in [0.29, 0.717) is 19.3 Å². The Morgan fingerprint density at radius 3 is 1.26 bits per heavy atom. The summed E-state index contributed by atoms with van der Waals surface area (Å²) in [5.74, 6) is -3.17. The SMILES string of the molecule is CC/C=C\C/C=C\C/C=C\C/C=C\CCCCCCCCC(=O)OCC(COC1OC(C(=O)O)C(O)C(O)C1OC(=O)CCCCCCCCC/C=C\C/C=C\C/C=C\CC)OC(=O)CCCCCCC/C=C\CCCC. The topological polar surface area (TPSA) is 175 Å². The monoisotopic (exact) mass is 1080 g/mol. The summed E-state index contributed by atoms with van der Waals surface area (Å²) in [6.45, 7) is 5.70.